The Labute approximate surface area is 311 Å². The molecule has 0 radical (unpaired) electrons. The van der Waals surface area contributed by atoms with E-state index >= 15 is 0 Å². The molecule has 6 aromatic carbocycles. The van der Waals surface area contributed by atoms with Crippen LogP contribution in [-0.2, 0) is 5.41 Å². The third-order valence-electron chi connectivity index (χ3n) is 11.4. The van der Waals surface area contributed by atoms with E-state index in [2.05, 4.69) is 152 Å². The third-order valence-corrected chi connectivity index (χ3v) is 12.5. The summed E-state index contributed by atoms with van der Waals surface area (Å²) in [7, 11) is 0. The zero-order valence-electron chi connectivity index (χ0n) is 29.4. The van der Waals surface area contributed by atoms with Crippen molar-refractivity contribution in [3.05, 3.63) is 166 Å². The smallest absolute Gasteiger partial charge is 0.163 e. The van der Waals surface area contributed by atoms with Crippen LogP contribution in [0.2, 0.25) is 0 Å². The average molecular weight is 699 g/mol. The van der Waals surface area contributed by atoms with E-state index in [0.717, 1.165) is 29.1 Å². The van der Waals surface area contributed by atoms with Gasteiger partial charge in [-0.25, -0.2) is 15.0 Å². The number of nitrogens with zero attached hydrogens (tertiary/aromatic N) is 4. The lowest BCUT2D eigenvalue weighted by atomic mass is 9.82. The molecule has 0 spiro atoms. The van der Waals surface area contributed by atoms with Crippen LogP contribution in [0.3, 0.4) is 0 Å². The quantitative estimate of drug-likeness (QED) is 0.184. The van der Waals surface area contributed by atoms with Crippen LogP contribution in [0.15, 0.2) is 140 Å². The lowest BCUT2D eigenvalue weighted by molar-refractivity contribution is 0.661. The molecule has 53 heavy (non-hydrogen) atoms. The largest absolute Gasteiger partial charge is 0.309 e. The highest BCUT2D eigenvalue weighted by atomic mass is 32.1. The molecule has 11 rings (SSSR count). The number of hydrogen-bond donors (Lipinski definition) is 0. The SMILES string of the molecule is CC1(C)c2ccccc2-c2c1ccc1c2c2ccccc2n1-c1ccc(-c2nc(-c3ccccc3)nc(C3C=c4sc5ccccc5c4=CC3)n2)cc1. The summed E-state index contributed by atoms with van der Waals surface area (Å²) in [4.78, 5) is 15.3. The molecule has 2 aliphatic rings. The molecule has 3 heterocycles. The fraction of sp³-hybridized carbons (Fsp3) is 0.104. The highest BCUT2D eigenvalue weighted by molar-refractivity contribution is 7.17. The van der Waals surface area contributed by atoms with Crippen molar-refractivity contribution in [3.8, 4) is 39.6 Å². The van der Waals surface area contributed by atoms with E-state index < -0.39 is 0 Å². The second kappa shape index (κ2) is 11.4. The second-order valence-corrected chi connectivity index (χ2v) is 15.8. The van der Waals surface area contributed by atoms with E-state index in [-0.39, 0.29) is 11.3 Å². The molecule has 0 saturated carbocycles. The number of rotatable bonds is 4. The summed E-state index contributed by atoms with van der Waals surface area (Å²) in [5.74, 6) is 2.25. The van der Waals surface area contributed by atoms with Crippen molar-refractivity contribution in [2.45, 2.75) is 31.6 Å². The van der Waals surface area contributed by atoms with E-state index in [1.807, 2.05) is 29.5 Å². The standard InChI is InChI=1S/C48H34N4S/c1-48(2)37-17-9-6-15-35(37)43-38(48)26-27-40-44(43)36-16-7-10-18-39(36)52(40)32-23-20-30(21-24-32)46-49-45(29-12-4-3-5-13-29)50-47(51-46)31-22-25-34-33-14-8-11-19-41(33)53-42(34)28-31/h3-21,23-28,31H,22H2,1-2H3. The Morgan fingerprint density at radius 2 is 1.32 bits per heavy atom. The maximum absolute atomic E-state index is 5.17. The van der Waals surface area contributed by atoms with Gasteiger partial charge in [0.25, 0.3) is 0 Å². The lowest BCUT2D eigenvalue weighted by Crippen LogP contribution is -2.24. The van der Waals surface area contributed by atoms with Crippen LogP contribution in [0.4, 0.5) is 0 Å². The monoisotopic (exact) mass is 698 g/mol. The molecule has 1 atom stereocenters. The van der Waals surface area contributed by atoms with Crippen LogP contribution in [-0.4, -0.2) is 19.5 Å². The van der Waals surface area contributed by atoms with Crippen molar-refractivity contribution in [1.82, 2.24) is 19.5 Å². The molecular weight excluding hydrogens is 665 g/mol. The number of hydrogen-bond acceptors (Lipinski definition) is 4. The van der Waals surface area contributed by atoms with E-state index in [9.17, 15) is 0 Å². The first-order valence-electron chi connectivity index (χ1n) is 18.3. The summed E-state index contributed by atoms with van der Waals surface area (Å²) in [6, 6.07) is 50.1. The van der Waals surface area contributed by atoms with E-state index in [1.165, 1.54) is 63.9 Å². The first kappa shape index (κ1) is 30.5. The van der Waals surface area contributed by atoms with Gasteiger partial charge < -0.3 is 4.57 Å². The maximum atomic E-state index is 5.17. The zero-order valence-corrected chi connectivity index (χ0v) is 30.2. The first-order chi connectivity index (χ1) is 26.0. The Kier molecular flexibility index (Phi) is 6.56. The van der Waals surface area contributed by atoms with Gasteiger partial charge in [-0.05, 0) is 81.7 Å². The topological polar surface area (TPSA) is 43.6 Å². The van der Waals surface area contributed by atoms with Gasteiger partial charge in [0.15, 0.2) is 11.6 Å². The molecule has 5 heteroatoms. The van der Waals surface area contributed by atoms with E-state index in [0.29, 0.717) is 11.6 Å². The molecule has 0 aliphatic heterocycles. The third kappa shape index (κ3) is 4.57. The molecule has 2 aliphatic carbocycles. The van der Waals surface area contributed by atoms with Crippen LogP contribution in [0.25, 0.3) is 83.6 Å². The Balaban J connectivity index is 1.05. The van der Waals surface area contributed by atoms with Crippen molar-refractivity contribution in [1.29, 1.82) is 0 Å². The van der Waals surface area contributed by atoms with Gasteiger partial charge in [-0.1, -0.05) is 123 Å². The number of benzene rings is 6. The Morgan fingerprint density at radius 3 is 2.15 bits per heavy atom. The lowest BCUT2D eigenvalue weighted by Gasteiger charge is -2.21. The molecule has 0 amide bonds. The van der Waals surface area contributed by atoms with Crippen molar-refractivity contribution in [3.63, 3.8) is 0 Å². The van der Waals surface area contributed by atoms with E-state index in [1.54, 1.807) is 0 Å². The van der Waals surface area contributed by atoms with Gasteiger partial charge in [0.2, 0.25) is 0 Å². The predicted octanol–water partition coefficient (Wildman–Crippen LogP) is 10.6. The van der Waals surface area contributed by atoms with Gasteiger partial charge in [0.05, 0.1) is 11.0 Å². The van der Waals surface area contributed by atoms with Gasteiger partial charge in [0.1, 0.15) is 5.82 Å². The number of para-hydroxylation sites is 1. The predicted molar refractivity (Wildman–Crippen MR) is 220 cm³/mol. The number of thiophene rings is 1. The fourth-order valence-corrected chi connectivity index (χ4v) is 9.99. The minimum atomic E-state index is -0.0550. The Hall–Kier alpha value is -6.17. The Bertz CT molecular complexity index is 3060. The van der Waals surface area contributed by atoms with Crippen LogP contribution < -0.4 is 9.75 Å². The van der Waals surface area contributed by atoms with Crippen LogP contribution in [0.5, 0.6) is 0 Å². The normalized spacial score (nSPS) is 15.5. The van der Waals surface area contributed by atoms with Gasteiger partial charge in [-0.3, -0.25) is 0 Å². The van der Waals surface area contributed by atoms with E-state index in [4.69, 9.17) is 15.0 Å². The van der Waals surface area contributed by atoms with Crippen LogP contribution >= 0.6 is 11.3 Å². The number of aromatic nitrogens is 4. The molecule has 0 fully saturated rings. The summed E-state index contributed by atoms with van der Waals surface area (Å²) in [6.45, 7) is 4.70. The van der Waals surface area contributed by atoms with Gasteiger partial charge in [0, 0.05) is 48.2 Å². The number of fused-ring (bicyclic) bond motifs is 10. The molecule has 0 saturated heterocycles. The molecule has 3 aromatic heterocycles. The van der Waals surface area contributed by atoms with Crippen molar-refractivity contribution in [2.75, 3.05) is 0 Å². The zero-order chi connectivity index (χ0) is 35.3. The first-order valence-corrected chi connectivity index (χ1v) is 19.1. The molecule has 1 unspecified atom stereocenters. The molecule has 252 valence electrons. The summed E-state index contributed by atoms with van der Waals surface area (Å²) in [6.07, 6.45) is 5.57. The Morgan fingerprint density at radius 1 is 0.623 bits per heavy atom. The average Bonchev–Trinajstić information content (AvgIpc) is 3.83. The molecular formula is C48H34N4S. The minimum Gasteiger partial charge on any atom is -0.309 e. The van der Waals surface area contributed by atoms with Crippen LogP contribution in [0, 0.1) is 0 Å². The summed E-state index contributed by atoms with van der Waals surface area (Å²) >= 11 is 1.84. The van der Waals surface area contributed by atoms with Crippen molar-refractivity contribution >= 4 is 55.4 Å². The van der Waals surface area contributed by atoms with Crippen molar-refractivity contribution < 1.29 is 0 Å². The van der Waals surface area contributed by atoms with Gasteiger partial charge >= 0.3 is 0 Å². The highest BCUT2D eigenvalue weighted by Crippen LogP contribution is 2.53. The second-order valence-electron chi connectivity index (χ2n) is 14.7. The fourth-order valence-electron chi connectivity index (χ4n) is 8.79. The van der Waals surface area contributed by atoms with Gasteiger partial charge in [-0.15, -0.1) is 11.3 Å². The minimum absolute atomic E-state index is 0.0550. The molecule has 0 bridgehead atoms. The summed E-state index contributed by atoms with van der Waals surface area (Å²) < 4.78 is 5.01. The highest BCUT2D eigenvalue weighted by Gasteiger charge is 2.37. The van der Waals surface area contributed by atoms with Gasteiger partial charge in [-0.2, -0.15) is 0 Å². The summed E-state index contributed by atoms with van der Waals surface area (Å²) in [5.41, 5.74) is 10.9. The summed E-state index contributed by atoms with van der Waals surface area (Å²) in [5, 5.41) is 5.24. The molecule has 4 nitrogen and oxygen atoms in total. The maximum Gasteiger partial charge on any atom is 0.163 e. The molecule has 0 N–H and O–H groups in total. The van der Waals surface area contributed by atoms with Crippen molar-refractivity contribution in [2.24, 2.45) is 0 Å². The molecule has 9 aromatic rings. The van der Waals surface area contributed by atoms with Crippen LogP contribution in [0.1, 0.15) is 43.1 Å².